The van der Waals surface area contributed by atoms with Crippen LogP contribution in [0.3, 0.4) is 0 Å². The van der Waals surface area contributed by atoms with Crippen molar-refractivity contribution >= 4 is 43.4 Å². The molecule has 40 heavy (non-hydrogen) atoms. The van der Waals surface area contributed by atoms with Gasteiger partial charge in [-0.3, -0.25) is 0 Å². The van der Waals surface area contributed by atoms with Crippen molar-refractivity contribution in [1.82, 2.24) is 19.9 Å². The van der Waals surface area contributed by atoms with Gasteiger partial charge in [0.2, 0.25) is 0 Å². The molecule has 0 saturated carbocycles. The Labute approximate surface area is 230 Å². The summed E-state index contributed by atoms with van der Waals surface area (Å²) in [5.74, 6) is 1.38. The molecule has 4 heteroatoms. The summed E-state index contributed by atoms with van der Waals surface area (Å²) in [6.07, 6.45) is 1.90. The number of benzene rings is 6. The number of aromatic nitrogens is 4. The molecule has 0 bridgehead atoms. The third kappa shape index (κ3) is 3.62. The minimum Gasteiger partial charge on any atom is -0.236 e. The van der Waals surface area contributed by atoms with E-state index >= 15 is 0 Å². The van der Waals surface area contributed by atoms with Crippen molar-refractivity contribution < 1.29 is 0 Å². The first-order valence-corrected chi connectivity index (χ1v) is 13.3. The Bertz CT molecular complexity index is 2150. The summed E-state index contributed by atoms with van der Waals surface area (Å²) >= 11 is 0. The molecule has 2 heterocycles. The van der Waals surface area contributed by atoms with Gasteiger partial charge in [0.15, 0.2) is 11.6 Å². The van der Waals surface area contributed by atoms with Crippen LogP contribution in [0.2, 0.25) is 0 Å². The number of rotatable bonds is 3. The summed E-state index contributed by atoms with van der Waals surface area (Å²) in [7, 11) is 0. The van der Waals surface area contributed by atoms with Crippen LogP contribution < -0.4 is 0 Å². The van der Waals surface area contributed by atoms with Crippen LogP contribution in [0.4, 0.5) is 0 Å². The summed E-state index contributed by atoms with van der Waals surface area (Å²) in [6, 6.07) is 43.7. The number of hydrogen-bond donors (Lipinski definition) is 0. The highest BCUT2D eigenvalue weighted by Crippen LogP contribution is 2.40. The molecule has 0 aliphatic carbocycles. The number of hydrogen-bond acceptors (Lipinski definition) is 4. The van der Waals surface area contributed by atoms with Gasteiger partial charge in [0.25, 0.3) is 0 Å². The Morgan fingerprint density at radius 1 is 0.425 bits per heavy atom. The van der Waals surface area contributed by atoms with E-state index in [-0.39, 0.29) is 0 Å². The van der Waals surface area contributed by atoms with Crippen molar-refractivity contribution in [3.63, 3.8) is 0 Å². The highest BCUT2D eigenvalue weighted by Gasteiger charge is 2.19. The first-order valence-electron chi connectivity index (χ1n) is 13.3. The lowest BCUT2D eigenvalue weighted by molar-refractivity contribution is 1.21. The van der Waals surface area contributed by atoms with Gasteiger partial charge < -0.3 is 0 Å². The standard InChI is InChI=1S/C36H22N4/c1-3-11-23(12-4-1)35-37-22-30-31(38-35)20-19-29-33(30)39-36(24-13-5-2-6-14-24)40-34(29)32-27-17-9-7-15-25(27)21-26-16-8-10-18-28(26)32/h1-22H. The zero-order valence-electron chi connectivity index (χ0n) is 21.5. The lowest BCUT2D eigenvalue weighted by Crippen LogP contribution is -1.98. The van der Waals surface area contributed by atoms with E-state index in [1.54, 1.807) is 0 Å². The normalized spacial score (nSPS) is 11.5. The molecule has 0 fully saturated rings. The molecule has 0 radical (unpaired) electrons. The van der Waals surface area contributed by atoms with Crippen LogP contribution in [0, 0.1) is 0 Å². The first kappa shape index (κ1) is 22.5. The van der Waals surface area contributed by atoms with E-state index in [4.69, 9.17) is 19.9 Å². The average Bonchev–Trinajstić information content (AvgIpc) is 3.03. The van der Waals surface area contributed by atoms with Gasteiger partial charge >= 0.3 is 0 Å². The molecule has 8 rings (SSSR count). The van der Waals surface area contributed by atoms with E-state index in [1.165, 1.54) is 10.8 Å². The molecule has 0 amide bonds. The van der Waals surface area contributed by atoms with E-state index in [9.17, 15) is 0 Å². The summed E-state index contributed by atoms with van der Waals surface area (Å²) in [5.41, 5.74) is 5.67. The van der Waals surface area contributed by atoms with E-state index in [1.807, 2.05) is 54.7 Å². The van der Waals surface area contributed by atoms with Gasteiger partial charge in [-0.05, 0) is 39.7 Å². The predicted octanol–water partition coefficient (Wildman–Crippen LogP) is 8.88. The van der Waals surface area contributed by atoms with E-state index in [0.717, 1.165) is 55.0 Å². The van der Waals surface area contributed by atoms with Crippen LogP contribution in [-0.4, -0.2) is 19.9 Å². The summed E-state index contributed by atoms with van der Waals surface area (Å²) < 4.78 is 0. The molecule has 0 unspecified atom stereocenters. The molecule has 0 N–H and O–H groups in total. The Balaban J connectivity index is 1.50. The van der Waals surface area contributed by atoms with Crippen LogP contribution in [0.5, 0.6) is 0 Å². The quantitative estimate of drug-likeness (QED) is 0.176. The van der Waals surface area contributed by atoms with E-state index in [0.29, 0.717) is 11.6 Å². The lowest BCUT2D eigenvalue weighted by atomic mass is 9.92. The monoisotopic (exact) mass is 510 g/mol. The topological polar surface area (TPSA) is 51.6 Å². The highest BCUT2D eigenvalue weighted by atomic mass is 14.9. The molecule has 186 valence electrons. The van der Waals surface area contributed by atoms with Gasteiger partial charge in [0.1, 0.15) is 0 Å². The zero-order chi connectivity index (χ0) is 26.5. The molecule has 0 atom stereocenters. The Morgan fingerprint density at radius 3 is 1.70 bits per heavy atom. The Hall–Kier alpha value is -5.48. The lowest BCUT2D eigenvalue weighted by Gasteiger charge is -2.15. The minimum atomic E-state index is 0.680. The Kier molecular flexibility index (Phi) is 5.10. The van der Waals surface area contributed by atoms with Crippen LogP contribution in [0.25, 0.3) is 77.4 Å². The fourth-order valence-corrected chi connectivity index (χ4v) is 5.60. The molecule has 4 nitrogen and oxygen atoms in total. The van der Waals surface area contributed by atoms with E-state index in [2.05, 4.69) is 78.9 Å². The third-order valence-electron chi connectivity index (χ3n) is 7.50. The molecular formula is C36H22N4. The van der Waals surface area contributed by atoms with Crippen molar-refractivity contribution in [2.75, 3.05) is 0 Å². The smallest absolute Gasteiger partial charge is 0.160 e. The van der Waals surface area contributed by atoms with Gasteiger partial charge in [-0.15, -0.1) is 0 Å². The highest BCUT2D eigenvalue weighted by molar-refractivity contribution is 6.18. The van der Waals surface area contributed by atoms with Crippen LogP contribution in [-0.2, 0) is 0 Å². The van der Waals surface area contributed by atoms with Crippen molar-refractivity contribution in [2.45, 2.75) is 0 Å². The van der Waals surface area contributed by atoms with Crippen molar-refractivity contribution in [3.8, 4) is 34.0 Å². The van der Waals surface area contributed by atoms with Crippen LogP contribution in [0.15, 0.2) is 134 Å². The second-order valence-corrected chi connectivity index (χ2v) is 9.91. The van der Waals surface area contributed by atoms with Gasteiger partial charge in [-0.2, -0.15) is 0 Å². The molecule has 0 aliphatic heterocycles. The average molecular weight is 511 g/mol. The van der Waals surface area contributed by atoms with Gasteiger partial charge in [0, 0.05) is 33.7 Å². The fraction of sp³-hybridized carbons (Fsp3) is 0. The maximum absolute atomic E-state index is 5.26. The molecular weight excluding hydrogens is 488 g/mol. The van der Waals surface area contributed by atoms with E-state index < -0.39 is 0 Å². The third-order valence-corrected chi connectivity index (χ3v) is 7.50. The van der Waals surface area contributed by atoms with Gasteiger partial charge in [-0.1, -0.05) is 109 Å². The maximum atomic E-state index is 5.26. The summed E-state index contributed by atoms with van der Waals surface area (Å²) in [4.78, 5) is 20.1. The van der Waals surface area contributed by atoms with Crippen LogP contribution in [0.1, 0.15) is 0 Å². The summed E-state index contributed by atoms with van der Waals surface area (Å²) in [5, 5.41) is 6.57. The maximum Gasteiger partial charge on any atom is 0.160 e. The number of nitrogens with zero attached hydrogens (tertiary/aromatic N) is 4. The molecule has 0 saturated heterocycles. The Morgan fingerprint density at radius 2 is 1.02 bits per heavy atom. The first-order chi connectivity index (χ1) is 19.8. The van der Waals surface area contributed by atoms with Crippen molar-refractivity contribution in [3.05, 3.63) is 134 Å². The minimum absolute atomic E-state index is 0.680. The van der Waals surface area contributed by atoms with Crippen LogP contribution >= 0.6 is 0 Å². The van der Waals surface area contributed by atoms with Gasteiger partial charge in [0.05, 0.1) is 16.7 Å². The second-order valence-electron chi connectivity index (χ2n) is 9.91. The largest absolute Gasteiger partial charge is 0.236 e. The fourth-order valence-electron chi connectivity index (χ4n) is 5.60. The molecule has 6 aromatic carbocycles. The molecule has 2 aromatic heterocycles. The molecule has 0 aliphatic rings. The number of fused-ring (bicyclic) bond motifs is 5. The van der Waals surface area contributed by atoms with Crippen molar-refractivity contribution in [2.24, 2.45) is 0 Å². The van der Waals surface area contributed by atoms with Crippen molar-refractivity contribution in [1.29, 1.82) is 0 Å². The molecule has 8 aromatic rings. The zero-order valence-corrected chi connectivity index (χ0v) is 21.5. The molecule has 0 spiro atoms. The van der Waals surface area contributed by atoms with Gasteiger partial charge in [-0.25, -0.2) is 19.9 Å². The predicted molar refractivity (Wildman–Crippen MR) is 164 cm³/mol. The summed E-state index contributed by atoms with van der Waals surface area (Å²) in [6.45, 7) is 0. The SMILES string of the molecule is c1ccc(-c2ncc3c(ccc4c(-c5c6ccccc6cc6ccccc56)nc(-c5ccccc5)nc43)n2)cc1. The second kappa shape index (κ2) is 9.07.